The van der Waals surface area contributed by atoms with E-state index in [-0.39, 0.29) is 11.5 Å². The van der Waals surface area contributed by atoms with Crippen LogP contribution >= 0.6 is 0 Å². The highest BCUT2D eigenvalue weighted by Crippen LogP contribution is 2.26. The summed E-state index contributed by atoms with van der Waals surface area (Å²) in [4.78, 5) is 45.8. The quantitative estimate of drug-likeness (QED) is 0.210. The summed E-state index contributed by atoms with van der Waals surface area (Å²) < 4.78 is 21.1. The number of carbonyl (C=O) groups is 4. The molecule has 0 fully saturated rings. The van der Waals surface area contributed by atoms with Gasteiger partial charge in [0.2, 0.25) is 0 Å². The van der Waals surface area contributed by atoms with Gasteiger partial charge in [0.25, 0.3) is 0 Å². The lowest BCUT2D eigenvalue weighted by Crippen LogP contribution is -2.22. The third-order valence-electron chi connectivity index (χ3n) is 4.51. The fraction of sp³-hybridized carbons (Fsp3) is 0.304. The molecule has 0 radical (unpaired) electrons. The fourth-order valence-corrected chi connectivity index (χ4v) is 7.54. The van der Waals surface area contributed by atoms with Gasteiger partial charge < -0.3 is 18.9 Å². The highest BCUT2D eigenvalue weighted by atomic mass is 28.2. The minimum atomic E-state index is -0.791. The maximum atomic E-state index is 11.5. The molecule has 0 amide bonds. The predicted octanol–water partition coefficient (Wildman–Crippen LogP) is 0.903. The normalized spacial score (nSPS) is 11.0. The summed E-state index contributed by atoms with van der Waals surface area (Å²) in [7, 11) is -1.58. The molecule has 2 rings (SSSR count). The van der Waals surface area contributed by atoms with Crippen LogP contribution in [0, 0.1) is 0 Å². The number of para-hydroxylation sites is 2. The van der Waals surface area contributed by atoms with Gasteiger partial charge in [-0.15, -0.1) is 0 Å². The molecule has 0 aliphatic rings. The Balaban J connectivity index is 2.03. The monoisotopic (exact) mass is 488 g/mol. The summed E-state index contributed by atoms with van der Waals surface area (Å²) in [5, 5.41) is 1.84. The molecule has 0 aliphatic carbocycles. The molecule has 0 N–H and O–H groups in total. The summed E-state index contributed by atoms with van der Waals surface area (Å²) in [5.74, 6) is -0.729. The minimum Gasteiger partial charge on any atom is -0.423 e. The molecule has 0 aliphatic heterocycles. The molecule has 33 heavy (non-hydrogen) atoms. The van der Waals surface area contributed by atoms with E-state index in [0.29, 0.717) is 11.5 Å². The number of rotatable bonds is 10. The SMILES string of the molecule is CC(=O)Oc1cccc([SiH2]CCC[SiH2]c2cccc(OC(C)=O)c2OC(C)=O)c1OC(C)=O. The summed E-state index contributed by atoms with van der Waals surface area (Å²) in [5.41, 5.74) is 0. The molecule has 0 saturated carbocycles. The van der Waals surface area contributed by atoms with Crippen LogP contribution in [0.25, 0.3) is 0 Å². The van der Waals surface area contributed by atoms with Gasteiger partial charge in [-0.05, 0) is 22.5 Å². The van der Waals surface area contributed by atoms with Crippen molar-refractivity contribution < 1.29 is 38.1 Å². The van der Waals surface area contributed by atoms with Crippen LogP contribution in [-0.4, -0.2) is 42.9 Å². The molecule has 0 aromatic heterocycles. The van der Waals surface area contributed by atoms with Gasteiger partial charge in [-0.1, -0.05) is 42.8 Å². The number of hydrogen-bond donors (Lipinski definition) is 0. The second kappa shape index (κ2) is 12.7. The van der Waals surface area contributed by atoms with E-state index in [4.69, 9.17) is 18.9 Å². The number of hydrogen-bond acceptors (Lipinski definition) is 8. The predicted molar refractivity (Wildman–Crippen MR) is 129 cm³/mol. The van der Waals surface area contributed by atoms with E-state index in [1.807, 2.05) is 12.1 Å². The Labute approximate surface area is 197 Å². The molecule has 2 aromatic carbocycles. The molecular weight excluding hydrogens is 460 g/mol. The molecule has 0 spiro atoms. The second-order valence-electron chi connectivity index (χ2n) is 7.42. The van der Waals surface area contributed by atoms with Crippen molar-refractivity contribution in [2.45, 2.75) is 46.2 Å². The standard InChI is InChI=1S/C23H28O8Si2/c1-14(24)28-18-8-5-10-20(22(18)30-16(3)26)32-12-7-13-33-21-11-6-9-19(29-15(2)25)23(21)31-17(4)27/h5-6,8-11H,7,12-13,32-33H2,1-4H3. The van der Waals surface area contributed by atoms with E-state index in [1.54, 1.807) is 24.3 Å². The zero-order valence-electron chi connectivity index (χ0n) is 19.3. The van der Waals surface area contributed by atoms with Crippen molar-refractivity contribution in [3.63, 3.8) is 0 Å². The molecule has 10 heteroatoms. The average Bonchev–Trinajstić information content (AvgIpc) is 2.70. The van der Waals surface area contributed by atoms with Crippen LogP contribution in [0.3, 0.4) is 0 Å². The van der Waals surface area contributed by atoms with E-state index in [1.165, 1.54) is 27.7 Å². The van der Waals surface area contributed by atoms with Gasteiger partial charge >= 0.3 is 23.9 Å². The topological polar surface area (TPSA) is 105 Å². The van der Waals surface area contributed by atoms with Gasteiger partial charge in [0.05, 0.1) is 19.0 Å². The zero-order valence-corrected chi connectivity index (χ0v) is 22.1. The smallest absolute Gasteiger partial charge is 0.308 e. The Morgan fingerprint density at radius 1 is 0.606 bits per heavy atom. The number of esters is 4. The van der Waals surface area contributed by atoms with Gasteiger partial charge in [-0.25, -0.2) is 0 Å². The largest absolute Gasteiger partial charge is 0.423 e. The number of ether oxygens (including phenoxy) is 4. The van der Waals surface area contributed by atoms with Crippen molar-refractivity contribution in [3.05, 3.63) is 36.4 Å². The van der Waals surface area contributed by atoms with E-state index < -0.39 is 42.9 Å². The Morgan fingerprint density at radius 3 is 1.30 bits per heavy atom. The average molecular weight is 489 g/mol. The van der Waals surface area contributed by atoms with Crippen molar-refractivity contribution in [2.75, 3.05) is 0 Å². The molecule has 0 atom stereocenters. The number of carbonyl (C=O) groups excluding carboxylic acids is 4. The van der Waals surface area contributed by atoms with Crippen molar-refractivity contribution >= 4 is 53.3 Å². The van der Waals surface area contributed by atoms with Crippen LogP contribution in [0.4, 0.5) is 0 Å². The second-order valence-corrected chi connectivity index (χ2v) is 11.4. The molecule has 0 bridgehead atoms. The van der Waals surface area contributed by atoms with Crippen molar-refractivity contribution in [2.24, 2.45) is 0 Å². The first-order valence-corrected chi connectivity index (χ1v) is 14.1. The number of benzene rings is 2. The minimum absolute atomic E-state index is 0.255. The maximum Gasteiger partial charge on any atom is 0.308 e. The Hall–Kier alpha value is -3.25. The van der Waals surface area contributed by atoms with Crippen LogP contribution in [0.5, 0.6) is 23.0 Å². The summed E-state index contributed by atoms with van der Waals surface area (Å²) in [6.07, 6.45) is 0.951. The summed E-state index contributed by atoms with van der Waals surface area (Å²) in [6.45, 7) is 5.22. The van der Waals surface area contributed by atoms with Crippen LogP contribution in [0.15, 0.2) is 36.4 Å². The molecule has 176 valence electrons. The van der Waals surface area contributed by atoms with Gasteiger partial charge in [0.1, 0.15) is 0 Å². The van der Waals surface area contributed by atoms with Gasteiger partial charge in [-0.2, -0.15) is 0 Å². The Kier molecular flexibility index (Phi) is 10.0. The fourth-order valence-electron chi connectivity index (χ4n) is 3.31. The zero-order chi connectivity index (χ0) is 24.4. The Morgan fingerprint density at radius 2 is 0.970 bits per heavy atom. The molecular formula is C23H28O8Si2. The first kappa shape index (κ1) is 26.0. The molecule has 8 nitrogen and oxygen atoms in total. The first-order chi connectivity index (χ1) is 15.7. The Bertz CT molecular complexity index is 954. The van der Waals surface area contributed by atoms with Crippen LogP contribution in [0.2, 0.25) is 12.1 Å². The van der Waals surface area contributed by atoms with Crippen LogP contribution < -0.4 is 29.3 Å². The van der Waals surface area contributed by atoms with Gasteiger partial charge in [0.15, 0.2) is 23.0 Å². The highest BCUT2D eigenvalue weighted by molar-refractivity contribution is 6.56. The van der Waals surface area contributed by atoms with E-state index in [0.717, 1.165) is 28.9 Å². The lowest BCUT2D eigenvalue weighted by Gasteiger charge is -2.14. The third-order valence-corrected chi connectivity index (χ3v) is 8.41. The molecule has 0 heterocycles. The first-order valence-electron chi connectivity index (χ1n) is 10.6. The van der Waals surface area contributed by atoms with Crippen LogP contribution in [0.1, 0.15) is 34.1 Å². The summed E-state index contributed by atoms with van der Waals surface area (Å²) >= 11 is 0. The third kappa shape index (κ3) is 8.66. The van der Waals surface area contributed by atoms with E-state index >= 15 is 0 Å². The highest BCUT2D eigenvalue weighted by Gasteiger charge is 2.17. The maximum absolute atomic E-state index is 11.5. The van der Waals surface area contributed by atoms with Crippen molar-refractivity contribution in [1.82, 2.24) is 0 Å². The van der Waals surface area contributed by atoms with E-state index in [2.05, 4.69) is 0 Å². The molecule has 0 saturated heterocycles. The molecule has 0 unspecified atom stereocenters. The van der Waals surface area contributed by atoms with Gasteiger partial charge in [-0.3, -0.25) is 19.2 Å². The van der Waals surface area contributed by atoms with Crippen molar-refractivity contribution in [1.29, 1.82) is 0 Å². The lowest BCUT2D eigenvalue weighted by molar-refractivity contribution is -0.134. The molecule has 2 aromatic rings. The summed E-state index contributed by atoms with van der Waals surface area (Å²) in [6, 6.07) is 12.5. The lowest BCUT2D eigenvalue weighted by atomic mass is 10.3. The van der Waals surface area contributed by atoms with Gasteiger partial charge in [0, 0.05) is 27.7 Å². The van der Waals surface area contributed by atoms with Crippen molar-refractivity contribution in [3.8, 4) is 23.0 Å². The van der Waals surface area contributed by atoms with Crippen LogP contribution in [-0.2, 0) is 19.2 Å². The van der Waals surface area contributed by atoms with E-state index in [9.17, 15) is 19.2 Å².